The van der Waals surface area contributed by atoms with Crippen LogP contribution in [0.15, 0.2) is 0 Å². The Balaban J connectivity index is 3.40. The number of hydrogen-bond acceptors (Lipinski definition) is 5. The second-order valence-electron chi connectivity index (χ2n) is 22.1. The first-order chi connectivity index (χ1) is 34.0. The second-order valence-corrected chi connectivity index (χ2v) is 22.1. The van der Waals surface area contributed by atoms with E-state index < -0.39 is 12.1 Å². The SMILES string of the molecule is CCCCCCCCCCCCCCCCCCCCCCCC(O)C(CO)NC(=O)CCCCCCCCCCCCCCCCCCCOC(=O)CCCCCCCCCCCCCCCC. The summed E-state index contributed by atoms with van der Waals surface area (Å²) < 4.78 is 5.48. The van der Waals surface area contributed by atoms with Crippen LogP contribution in [0.25, 0.3) is 0 Å². The number of amides is 1. The van der Waals surface area contributed by atoms with Crippen molar-refractivity contribution in [1.29, 1.82) is 0 Å². The summed E-state index contributed by atoms with van der Waals surface area (Å²) in [5.74, 6) is -0.0263. The molecular formula is C63H125NO5. The number of unbranched alkanes of at least 4 members (excludes halogenated alkanes) is 49. The van der Waals surface area contributed by atoms with Gasteiger partial charge in [-0.2, -0.15) is 0 Å². The fourth-order valence-corrected chi connectivity index (χ4v) is 10.3. The maximum absolute atomic E-state index is 12.5. The van der Waals surface area contributed by atoms with E-state index in [1.54, 1.807) is 0 Å². The molecule has 0 saturated heterocycles. The van der Waals surface area contributed by atoms with Gasteiger partial charge in [0, 0.05) is 12.8 Å². The van der Waals surface area contributed by atoms with E-state index in [-0.39, 0.29) is 18.5 Å². The Labute approximate surface area is 432 Å². The lowest BCUT2D eigenvalue weighted by molar-refractivity contribution is -0.143. The first kappa shape index (κ1) is 67.9. The minimum atomic E-state index is -0.667. The Hall–Kier alpha value is -1.14. The van der Waals surface area contributed by atoms with E-state index in [2.05, 4.69) is 19.2 Å². The first-order valence-corrected chi connectivity index (χ1v) is 31.8. The molecule has 2 atom stereocenters. The fourth-order valence-electron chi connectivity index (χ4n) is 10.3. The zero-order valence-electron chi connectivity index (χ0n) is 47.1. The molecule has 0 aromatic heterocycles. The number of ether oxygens (including phenoxy) is 1. The van der Waals surface area contributed by atoms with Crippen LogP contribution >= 0.6 is 0 Å². The van der Waals surface area contributed by atoms with Gasteiger partial charge in [-0.25, -0.2) is 0 Å². The third-order valence-electron chi connectivity index (χ3n) is 15.2. The Morgan fingerprint density at radius 2 is 0.594 bits per heavy atom. The van der Waals surface area contributed by atoms with Gasteiger partial charge >= 0.3 is 5.97 Å². The molecule has 0 aliphatic rings. The van der Waals surface area contributed by atoms with E-state index >= 15 is 0 Å². The molecule has 2 unspecified atom stereocenters. The Morgan fingerprint density at radius 3 is 0.884 bits per heavy atom. The molecule has 6 heteroatoms. The van der Waals surface area contributed by atoms with E-state index in [9.17, 15) is 19.8 Å². The standard InChI is InChI=1S/C63H125NO5/c1-3-5-7-9-11-13-15-17-19-20-21-22-23-25-28-31-35-39-43-47-51-55-61(66)60(59-65)64-62(67)56-52-48-44-40-36-32-29-26-24-27-30-34-38-42-46-50-54-58-69-63(68)57-53-49-45-41-37-33-18-16-14-12-10-8-6-4-2/h60-61,65-66H,3-59H2,1-2H3,(H,64,67). The Kier molecular flexibility index (Phi) is 58.4. The van der Waals surface area contributed by atoms with E-state index in [0.717, 1.165) is 38.5 Å². The lowest BCUT2D eigenvalue weighted by Gasteiger charge is -2.22. The van der Waals surface area contributed by atoms with E-state index in [0.29, 0.717) is 25.9 Å². The van der Waals surface area contributed by atoms with Crippen LogP contribution in [0.2, 0.25) is 0 Å². The molecule has 0 rings (SSSR count). The number of aliphatic hydroxyl groups excluding tert-OH is 2. The molecule has 3 N–H and O–H groups in total. The van der Waals surface area contributed by atoms with Crippen LogP contribution in [0.4, 0.5) is 0 Å². The van der Waals surface area contributed by atoms with Gasteiger partial charge in [0.15, 0.2) is 0 Å². The van der Waals surface area contributed by atoms with Gasteiger partial charge in [0.05, 0.1) is 25.4 Å². The average Bonchev–Trinajstić information content (AvgIpc) is 3.35. The molecular weight excluding hydrogens is 851 g/mol. The highest BCUT2D eigenvalue weighted by Gasteiger charge is 2.20. The highest BCUT2D eigenvalue weighted by atomic mass is 16.5. The summed E-state index contributed by atoms with van der Waals surface area (Å²) in [6.45, 7) is 4.98. The van der Waals surface area contributed by atoms with Crippen LogP contribution in [-0.4, -0.2) is 47.4 Å². The van der Waals surface area contributed by atoms with Crippen molar-refractivity contribution in [3.8, 4) is 0 Å². The summed E-state index contributed by atoms with van der Waals surface area (Å²) in [5, 5.41) is 23.4. The molecule has 0 aliphatic carbocycles. The van der Waals surface area contributed by atoms with E-state index in [4.69, 9.17) is 4.74 Å². The van der Waals surface area contributed by atoms with Gasteiger partial charge in [-0.05, 0) is 25.7 Å². The van der Waals surface area contributed by atoms with Crippen LogP contribution in [-0.2, 0) is 14.3 Å². The van der Waals surface area contributed by atoms with Gasteiger partial charge in [0.1, 0.15) is 0 Å². The largest absolute Gasteiger partial charge is 0.466 e. The maximum Gasteiger partial charge on any atom is 0.305 e. The monoisotopic (exact) mass is 976 g/mol. The van der Waals surface area contributed by atoms with Crippen LogP contribution in [0.1, 0.15) is 367 Å². The predicted octanol–water partition coefficient (Wildman–Crippen LogP) is 19.9. The van der Waals surface area contributed by atoms with Crippen molar-refractivity contribution >= 4 is 11.9 Å². The topological polar surface area (TPSA) is 95.9 Å². The smallest absolute Gasteiger partial charge is 0.305 e. The Morgan fingerprint density at radius 1 is 0.348 bits per heavy atom. The zero-order chi connectivity index (χ0) is 50.0. The lowest BCUT2D eigenvalue weighted by atomic mass is 10.0. The maximum atomic E-state index is 12.5. The van der Waals surface area contributed by atoms with Crippen molar-refractivity contribution < 1.29 is 24.5 Å². The molecule has 0 aromatic rings. The molecule has 0 spiro atoms. The molecule has 0 fully saturated rings. The first-order valence-electron chi connectivity index (χ1n) is 31.8. The highest BCUT2D eigenvalue weighted by molar-refractivity contribution is 5.76. The van der Waals surface area contributed by atoms with Crippen LogP contribution in [0, 0.1) is 0 Å². The van der Waals surface area contributed by atoms with E-state index in [1.165, 1.54) is 295 Å². The van der Waals surface area contributed by atoms with Gasteiger partial charge in [0.25, 0.3) is 0 Å². The van der Waals surface area contributed by atoms with Gasteiger partial charge in [0.2, 0.25) is 5.91 Å². The molecule has 0 aromatic carbocycles. The molecule has 69 heavy (non-hydrogen) atoms. The van der Waals surface area contributed by atoms with Gasteiger partial charge in [-0.15, -0.1) is 0 Å². The normalized spacial score (nSPS) is 12.5. The number of aliphatic hydroxyl groups is 2. The Bertz CT molecular complexity index is 990. The second kappa shape index (κ2) is 59.4. The number of carbonyl (C=O) groups is 2. The summed E-state index contributed by atoms with van der Waals surface area (Å²) in [6, 6.07) is -0.545. The minimum absolute atomic E-state index is 0.00909. The molecule has 0 heterocycles. The quantitative estimate of drug-likeness (QED) is 0.0417. The van der Waals surface area contributed by atoms with Crippen LogP contribution in [0.5, 0.6) is 0 Å². The third-order valence-corrected chi connectivity index (χ3v) is 15.2. The van der Waals surface area contributed by atoms with E-state index in [1.807, 2.05) is 0 Å². The summed E-state index contributed by atoms with van der Waals surface area (Å²) in [5.41, 5.74) is 0. The molecule has 0 aliphatic heterocycles. The molecule has 0 bridgehead atoms. The number of carbonyl (C=O) groups excluding carboxylic acids is 2. The number of esters is 1. The summed E-state index contributed by atoms with van der Waals surface area (Å²) >= 11 is 0. The molecule has 1 amide bonds. The summed E-state index contributed by atoms with van der Waals surface area (Å²) in [4.78, 5) is 24.6. The van der Waals surface area contributed by atoms with Gasteiger partial charge < -0.3 is 20.3 Å². The van der Waals surface area contributed by atoms with Crippen LogP contribution < -0.4 is 5.32 Å². The van der Waals surface area contributed by atoms with Crippen molar-refractivity contribution in [3.05, 3.63) is 0 Å². The lowest BCUT2D eigenvalue weighted by Crippen LogP contribution is -2.45. The van der Waals surface area contributed by atoms with Crippen molar-refractivity contribution in [2.24, 2.45) is 0 Å². The number of nitrogens with one attached hydrogen (secondary N) is 1. The molecule has 0 saturated carbocycles. The van der Waals surface area contributed by atoms with Crippen molar-refractivity contribution in [2.45, 2.75) is 379 Å². The van der Waals surface area contributed by atoms with Crippen LogP contribution in [0.3, 0.4) is 0 Å². The fraction of sp³-hybridized carbons (Fsp3) is 0.968. The van der Waals surface area contributed by atoms with Gasteiger partial charge in [-0.3, -0.25) is 9.59 Å². The molecule has 0 radical (unpaired) electrons. The number of rotatable bonds is 60. The molecule has 412 valence electrons. The average molecular weight is 977 g/mol. The van der Waals surface area contributed by atoms with Crippen molar-refractivity contribution in [3.63, 3.8) is 0 Å². The minimum Gasteiger partial charge on any atom is -0.466 e. The van der Waals surface area contributed by atoms with Gasteiger partial charge in [-0.1, -0.05) is 328 Å². The summed E-state index contributed by atoms with van der Waals surface area (Å²) in [7, 11) is 0. The van der Waals surface area contributed by atoms with Crippen molar-refractivity contribution in [2.75, 3.05) is 13.2 Å². The zero-order valence-corrected chi connectivity index (χ0v) is 47.1. The summed E-state index contributed by atoms with van der Waals surface area (Å²) in [6.07, 6.45) is 69.7. The van der Waals surface area contributed by atoms with Crippen molar-refractivity contribution in [1.82, 2.24) is 5.32 Å². The third kappa shape index (κ3) is 56.0. The highest BCUT2D eigenvalue weighted by Crippen LogP contribution is 2.19. The molecule has 6 nitrogen and oxygen atoms in total. The predicted molar refractivity (Wildman–Crippen MR) is 301 cm³/mol. The number of hydrogen-bond donors (Lipinski definition) is 3.